The predicted octanol–water partition coefficient (Wildman–Crippen LogP) is 6.47. The van der Waals surface area contributed by atoms with Crippen LogP contribution < -0.4 is 9.80 Å². The molecule has 28 heavy (non-hydrogen) atoms. The summed E-state index contributed by atoms with van der Waals surface area (Å²) in [6, 6.07) is 22.0. The van der Waals surface area contributed by atoms with Crippen LogP contribution in [0.4, 0.5) is 22.9 Å². The lowest BCUT2D eigenvalue weighted by molar-refractivity contribution is 0.322. The van der Waals surface area contributed by atoms with Gasteiger partial charge in [-0.1, -0.05) is 50.2 Å². The first-order valence-corrected chi connectivity index (χ1v) is 10.4. The Bertz CT molecular complexity index is 1020. The molecule has 0 saturated carbocycles. The lowest BCUT2D eigenvalue weighted by Crippen LogP contribution is -2.48. The fourth-order valence-electron chi connectivity index (χ4n) is 5.27. The van der Waals surface area contributed by atoms with E-state index in [1.807, 2.05) is 6.20 Å². The van der Waals surface area contributed by atoms with Crippen molar-refractivity contribution < 1.29 is 0 Å². The van der Waals surface area contributed by atoms with Crippen LogP contribution in [0, 0.1) is 6.92 Å². The maximum atomic E-state index is 4.83. The van der Waals surface area contributed by atoms with Gasteiger partial charge in [0.25, 0.3) is 0 Å². The zero-order chi connectivity index (χ0) is 19.3. The van der Waals surface area contributed by atoms with E-state index in [-0.39, 0.29) is 11.6 Å². The van der Waals surface area contributed by atoms with E-state index < -0.39 is 0 Å². The number of hydrogen-bond donors (Lipinski definition) is 0. The van der Waals surface area contributed by atoms with Crippen LogP contribution in [0.25, 0.3) is 0 Å². The lowest BCUT2D eigenvalue weighted by atomic mass is 9.69. The van der Waals surface area contributed by atoms with Crippen LogP contribution in [0.5, 0.6) is 0 Å². The Morgan fingerprint density at radius 2 is 1.54 bits per heavy atom. The summed E-state index contributed by atoms with van der Waals surface area (Å²) in [5.41, 5.74) is 6.78. The minimum absolute atomic E-state index is 0.195. The molecule has 0 bridgehead atoms. The summed E-state index contributed by atoms with van der Waals surface area (Å²) < 4.78 is 0. The van der Waals surface area contributed by atoms with Crippen molar-refractivity contribution in [1.82, 2.24) is 4.98 Å². The second-order valence-corrected chi connectivity index (χ2v) is 8.06. The highest BCUT2D eigenvalue weighted by Crippen LogP contribution is 2.56. The molecule has 3 heteroatoms. The summed E-state index contributed by atoms with van der Waals surface area (Å²) in [5, 5.41) is 0. The highest BCUT2D eigenvalue weighted by atomic mass is 15.5. The zero-order valence-corrected chi connectivity index (χ0v) is 16.9. The Hall–Kier alpha value is -2.81. The summed E-state index contributed by atoms with van der Waals surface area (Å²) in [5.74, 6) is 1.07. The molecule has 0 aliphatic carbocycles. The summed E-state index contributed by atoms with van der Waals surface area (Å²) in [7, 11) is 0. The van der Waals surface area contributed by atoms with E-state index in [0.29, 0.717) is 0 Å². The molecule has 0 N–H and O–H groups in total. The number of fused-ring (bicyclic) bond motifs is 5. The van der Waals surface area contributed by atoms with Gasteiger partial charge in [0.2, 0.25) is 0 Å². The number of aryl methyl sites for hydroxylation is 1. The molecule has 1 aromatic heterocycles. The summed E-state index contributed by atoms with van der Waals surface area (Å²) >= 11 is 0. The number of anilines is 4. The lowest BCUT2D eigenvalue weighted by Gasteiger charge is -2.47. The standard InChI is InChI=1S/C25H27N3/c1-4-25(5-2)17-23-27(20-13-8-6-11-18(20)3)22-15-10-16-26-24(22)28(23)21-14-9-7-12-19(21)25/h6-16,23H,4-5,17H2,1-3H3. The molecule has 3 aromatic rings. The molecule has 2 aliphatic rings. The van der Waals surface area contributed by atoms with Crippen LogP contribution in [-0.4, -0.2) is 11.1 Å². The van der Waals surface area contributed by atoms with Gasteiger partial charge in [0.05, 0.1) is 5.69 Å². The van der Waals surface area contributed by atoms with Crippen molar-refractivity contribution in [2.75, 3.05) is 9.80 Å². The third-order valence-electron chi connectivity index (χ3n) is 6.89. The Balaban J connectivity index is 1.77. The van der Waals surface area contributed by atoms with Crippen molar-refractivity contribution in [3.05, 3.63) is 78.0 Å². The number of para-hydroxylation sites is 2. The summed E-state index contributed by atoms with van der Waals surface area (Å²) in [6.07, 6.45) is 5.57. The third-order valence-corrected chi connectivity index (χ3v) is 6.89. The van der Waals surface area contributed by atoms with Crippen LogP contribution in [0.3, 0.4) is 0 Å². The average Bonchev–Trinajstić information content (AvgIpc) is 3.07. The molecule has 2 aromatic carbocycles. The van der Waals surface area contributed by atoms with Crippen LogP contribution in [0.2, 0.25) is 0 Å². The first-order chi connectivity index (χ1) is 13.7. The normalized spacial score (nSPS) is 19.2. The predicted molar refractivity (Wildman–Crippen MR) is 117 cm³/mol. The number of benzene rings is 2. The molecule has 0 amide bonds. The minimum Gasteiger partial charge on any atom is -0.317 e. The monoisotopic (exact) mass is 369 g/mol. The zero-order valence-electron chi connectivity index (χ0n) is 16.9. The summed E-state index contributed by atoms with van der Waals surface area (Å²) in [4.78, 5) is 9.83. The largest absolute Gasteiger partial charge is 0.317 e. The molecule has 0 saturated heterocycles. The Kier molecular flexibility index (Phi) is 3.94. The molecule has 5 rings (SSSR count). The van der Waals surface area contributed by atoms with Crippen molar-refractivity contribution in [3.8, 4) is 0 Å². The van der Waals surface area contributed by atoms with E-state index in [2.05, 4.69) is 91.2 Å². The maximum Gasteiger partial charge on any atom is 0.158 e. The SMILES string of the molecule is CCC1(CC)CC2N(c3ccccc3C)c3cccnc3N2c2ccccc21. The van der Waals surface area contributed by atoms with Crippen LogP contribution in [0.15, 0.2) is 66.9 Å². The molecule has 3 nitrogen and oxygen atoms in total. The van der Waals surface area contributed by atoms with E-state index in [4.69, 9.17) is 4.98 Å². The van der Waals surface area contributed by atoms with Gasteiger partial charge >= 0.3 is 0 Å². The number of rotatable bonds is 3. The van der Waals surface area contributed by atoms with Crippen LogP contribution in [-0.2, 0) is 5.41 Å². The molecule has 2 aliphatic heterocycles. The Morgan fingerprint density at radius 1 is 0.857 bits per heavy atom. The number of hydrogen-bond acceptors (Lipinski definition) is 3. The van der Waals surface area contributed by atoms with Gasteiger partial charge in [0, 0.05) is 23.0 Å². The van der Waals surface area contributed by atoms with Gasteiger partial charge < -0.3 is 9.80 Å². The van der Waals surface area contributed by atoms with Crippen LogP contribution in [0.1, 0.15) is 44.2 Å². The van der Waals surface area contributed by atoms with Gasteiger partial charge in [-0.3, -0.25) is 0 Å². The minimum atomic E-state index is 0.195. The highest BCUT2D eigenvalue weighted by Gasteiger charge is 2.49. The van der Waals surface area contributed by atoms with Crippen molar-refractivity contribution in [2.45, 2.75) is 51.6 Å². The Labute approximate surface area is 167 Å². The van der Waals surface area contributed by atoms with E-state index in [1.54, 1.807) is 0 Å². The van der Waals surface area contributed by atoms with Gasteiger partial charge in [-0.2, -0.15) is 0 Å². The molecular weight excluding hydrogens is 342 g/mol. The molecule has 3 heterocycles. The third kappa shape index (κ3) is 2.25. The smallest absolute Gasteiger partial charge is 0.158 e. The van der Waals surface area contributed by atoms with Gasteiger partial charge in [-0.05, 0) is 61.6 Å². The first-order valence-electron chi connectivity index (χ1n) is 10.4. The maximum absolute atomic E-state index is 4.83. The molecule has 0 fully saturated rings. The van der Waals surface area contributed by atoms with Crippen molar-refractivity contribution >= 4 is 22.9 Å². The molecule has 1 atom stereocenters. The quantitative estimate of drug-likeness (QED) is 0.527. The van der Waals surface area contributed by atoms with Crippen molar-refractivity contribution in [3.63, 3.8) is 0 Å². The second kappa shape index (κ2) is 6.37. The first kappa shape index (κ1) is 17.3. The van der Waals surface area contributed by atoms with Gasteiger partial charge in [-0.25, -0.2) is 4.98 Å². The fraction of sp³-hybridized carbons (Fsp3) is 0.320. The molecule has 142 valence electrons. The van der Waals surface area contributed by atoms with Gasteiger partial charge in [0.15, 0.2) is 5.82 Å². The van der Waals surface area contributed by atoms with Crippen molar-refractivity contribution in [1.29, 1.82) is 0 Å². The Morgan fingerprint density at radius 3 is 2.29 bits per heavy atom. The van der Waals surface area contributed by atoms with Crippen molar-refractivity contribution in [2.24, 2.45) is 0 Å². The number of aromatic nitrogens is 1. The molecule has 1 unspecified atom stereocenters. The summed E-state index contributed by atoms with van der Waals surface area (Å²) in [6.45, 7) is 6.89. The molecule has 0 radical (unpaired) electrons. The molecule has 0 spiro atoms. The van der Waals surface area contributed by atoms with E-state index >= 15 is 0 Å². The number of pyridine rings is 1. The van der Waals surface area contributed by atoms with Crippen LogP contribution >= 0.6 is 0 Å². The van der Waals surface area contributed by atoms with Gasteiger partial charge in [-0.15, -0.1) is 0 Å². The van der Waals surface area contributed by atoms with E-state index in [9.17, 15) is 0 Å². The highest BCUT2D eigenvalue weighted by molar-refractivity contribution is 5.88. The second-order valence-electron chi connectivity index (χ2n) is 8.06. The molecular formula is C25H27N3. The average molecular weight is 370 g/mol. The van der Waals surface area contributed by atoms with Gasteiger partial charge in [0.1, 0.15) is 6.17 Å². The topological polar surface area (TPSA) is 19.4 Å². The fourth-order valence-corrected chi connectivity index (χ4v) is 5.27. The number of nitrogens with zero attached hydrogens (tertiary/aromatic N) is 3. The van der Waals surface area contributed by atoms with E-state index in [1.165, 1.54) is 28.2 Å². The van der Waals surface area contributed by atoms with E-state index in [0.717, 1.165) is 25.1 Å².